The molecule has 1 N–H and O–H groups in total. The van der Waals surface area contributed by atoms with Crippen molar-refractivity contribution >= 4 is 23.0 Å². The first-order chi connectivity index (χ1) is 13.8. The van der Waals surface area contributed by atoms with Crippen molar-refractivity contribution in [1.82, 2.24) is 24.7 Å². The maximum absolute atomic E-state index is 9.29. The fraction of sp³-hybridized carbons (Fsp3) is 0.105. The minimum Gasteiger partial charge on any atom is -0.492 e. The molecule has 0 aliphatic heterocycles. The highest BCUT2D eigenvalue weighted by atomic mass is 32.1. The molecule has 0 amide bonds. The van der Waals surface area contributed by atoms with Gasteiger partial charge in [-0.15, -0.1) is 11.3 Å². The van der Waals surface area contributed by atoms with Crippen LogP contribution in [0, 0.1) is 11.3 Å². The van der Waals surface area contributed by atoms with Crippen LogP contribution in [-0.2, 0) is 6.54 Å². The van der Waals surface area contributed by atoms with E-state index in [1.807, 2.05) is 41.8 Å². The summed E-state index contributed by atoms with van der Waals surface area (Å²) in [6.45, 7) is 1.13. The fourth-order valence-electron chi connectivity index (χ4n) is 2.49. The van der Waals surface area contributed by atoms with Gasteiger partial charge in [-0.1, -0.05) is 6.07 Å². The van der Waals surface area contributed by atoms with Gasteiger partial charge in [0.25, 0.3) is 0 Å². The fourth-order valence-corrected chi connectivity index (χ4v) is 3.22. The standard InChI is InChI=1S/C19H15N7OS/c20-10-14-11-22-19(25-18(14)17-2-1-9-28-17)24-15-3-5-16(6-4-15)27-8-7-26-13-21-12-23-26/h1-6,9,11-13H,7-8H2,(H,22,24,25). The first kappa shape index (κ1) is 17.6. The van der Waals surface area contributed by atoms with Gasteiger partial charge >= 0.3 is 0 Å². The highest BCUT2D eigenvalue weighted by Gasteiger charge is 2.10. The average Bonchev–Trinajstić information content (AvgIpc) is 3.44. The van der Waals surface area contributed by atoms with Gasteiger partial charge in [-0.05, 0) is 35.7 Å². The van der Waals surface area contributed by atoms with Gasteiger partial charge in [-0.3, -0.25) is 0 Å². The molecule has 0 unspecified atom stereocenters. The molecule has 138 valence electrons. The third-order valence-corrected chi connectivity index (χ3v) is 4.71. The molecule has 0 saturated heterocycles. The summed E-state index contributed by atoms with van der Waals surface area (Å²) in [6.07, 6.45) is 4.68. The van der Waals surface area contributed by atoms with Crippen LogP contribution in [0.15, 0.2) is 60.6 Å². The van der Waals surface area contributed by atoms with Crippen LogP contribution in [-0.4, -0.2) is 31.3 Å². The van der Waals surface area contributed by atoms with Crippen molar-refractivity contribution in [2.75, 3.05) is 11.9 Å². The molecule has 0 fully saturated rings. The Kier molecular flexibility index (Phi) is 5.22. The molecule has 0 saturated carbocycles. The van der Waals surface area contributed by atoms with Crippen molar-refractivity contribution in [2.45, 2.75) is 6.54 Å². The van der Waals surface area contributed by atoms with Crippen molar-refractivity contribution < 1.29 is 4.74 Å². The molecular weight excluding hydrogens is 374 g/mol. The normalized spacial score (nSPS) is 10.4. The summed E-state index contributed by atoms with van der Waals surface area (Å²) >= 11 is 1.53. The van der Waals surface area contributed by atoms with E-state index in [1.165, 1.54) is 23.9 Å². The zero-order valence-corrected chi connectivity index (χ0v) is 15.5. The molecule has 0 radical (unpaired) electrons. The number of rotatable bonds is 7. The summed E-state index contributed by atoms with van der Waals surface area (Å²) in [7, 11) is 0. The van der Waals surface area contributed by atoms with E-state index in [0.29, 0.717) is 30.4 Å². The number of hydrogen-bond acceptors (Lipinski definition) is 8. The summed E-state index contributed by atoms with van der Waals surface area (Å²) in [5.74, 6) is 1.19. The zero-order chi connectivity index (χ0) is 19.2. The number of nitrogens with one attached hydrogen (secondary N) is 1. The predicted octanol–water partition coefficient (Wildman–Crippen LogP) is 3.49. The van der Waals surface area contributed by atoms with E-state index in [0.717, 1.165) is 16.3 Å². The molecule has 9 heteroatoms. The van der Waals surface area contributed by atoms with Crippen LogP contribution in [0.1, 0.15) is 5.56 Å². The maximum atomic E-state index is 9.29. The summed E-state index contributed by atoms with van der Waals surface area (Å²) in [6, 6.07) is 13.5. The lowest BCUT2D eigenvalue weighted by atomic mass is 10.2. The van der Waals surface area contributed by atoms with Crippen molar-refractivity contribution in [3.05, 3.63) is 66.2 Å². The van der Waals surface area contributed by atoms with E-state index in [9.17, 15) is 5.26 Å². The molecule has 0 bridgehead atoms. The van der Waals surface area contributed by atoms with E-state index < -0.39 is 0 Å². The minimum absolute atomic E-state index is 0.433. The highest BCUT2D eigenvalue weighted by molar-refractivity contribution is 7.13. The van der Waals surface area contributed by atoms with Crippen LogP contribution >= 0.6 is 11.3 Å². The Hall–Kier alpha value is -3.77. The molecule has 28 heavy (non-hydrogen) atoms. The Morgan fingerprint density at radius 1 is 1.21 bits per heavy atom. The van der Waals surface area contributed by atoms with Gasteiger partial charge in [0.15, 0.2) is 0 Å². The lowest BCUT2D eigenvalue weighted by Gasteiger charge is -2.09. The number of aromatic nitrogens is 5. The first-order valence-electron chi connectivity index (χ1n) is 8.45. The number of ether oxygens (including phenoxy) is 1. The number of thiophene rings is 1. The second-order valence-corrected chi connectivity index (χ2v) is 6.65. The monoisotopic (exact) mass is 389 g/mol. The molecule has 8 nitrogen and oxygen atoms in total. The van der Waals surface area contributed by atoms with Crippen molar-refractivity contribution in [3.8, 4) is 22.4 Å². The minimum atomic E-state index is 0.433. The molecule has 0 aliphatic rings. The van der Waals surface area contributed by atoms with Crippen LogP contribution in [0.2, 0.25) is 0 Å². The van der Waals surface area contributed by atoms with Crippen LogP contribution in [0.5, 0.6) is 5.75 Å². The first-order valence-corrected chi connectivity index (χ1v) is 9.33. The number of nitrogens with zero attached hydrogens (tertiary/aromatic N) is 6. The second kappa shape index (κ2) is 8.28. The Morgan fingerprint density at radius 2 is 2.11 bits per heavy atom. The van der Waals surface area contributed by atoms with Crippen LogP contribution in [0.25, 0.3) is 10.6 Å². The lowest BCUT2D eigenvalue weighted by Crippen LogP contribution is -2.08. The molecule has 3 aromatic heterocycles. The molecule has 1 aromatic carbocycles. The van der Waals surface area contributed by atoms with Gasteiger partial charge in [0.05, 0.1) is 23.2 Å². The molecule has 0 atom stereocenters. The van der Waals surface area contributed by atoms with Gasteiger partial charge in [-0.2, -0.15) is 10.4 Å². The molecule has 4 rings (SSSR count). The Labute approximate surface area is 165 Å². The van der Waals surface area contributed by atoms with E-state index >= 15 is 0 Å². The van der Waals surface area contributed by atoms with Crippen LogP contribution in [0.3, 0.4) is 0 Å². The molecule has 0 spiro atoms. The summed E-state index contributed by atoms with van der Waals surface area (Å²) in [5.41, 5.74) is 1.90. The van der Waals surface area contributed by atoms with Gasteiger partial charge in [0.2, 0.25) is 5.95 Å². The number of anilines is 2. The third kappa shape index (κ3) is 4.13. The summed E-state index contributed by atoms with van der Waals surface area (Å²) in [4.78, 5) is 13.5. The van der Waals surface area contributed by atoms with Crippen molar-refractivity contribution in [2.24, 2.45) is 0 Å². The molecular formula is C19H15N7OS. The van der Waals surface area contributed by atoms with E-state index in [1.54, 1.807) is 11.0 Å². The van der Waals surface area contributed by atoms with Gasteiger partial charge in [-0.25, -0.2) is 19.6 Å². The molecule has 3 heterocycles. The lowest BCUT2D eigenvalue weighted by molar-refractivity contribution is 0.291. The molecule has 0 aliphatic carbocycles. The summed E-state index contributed by atoms with van der Waals surface area (Å²) in [5, 5.41) is 18.4. The topological polar surface area (TPSA) is 102 Å². The smallest absolute Gasteiger partial charge is 0.227 e. The van der Waals surface area contributed by atoms with Crippen LogP contribution in [0.4, 0.5) is 11.6 Å². The van der Waals surface area contributed by atoms with Crippen molar-refractivity contribution in [3.63, 3.8) is 0 Å². The average molecular weight is 389 g/mol. The Balaban J connectivity index is 1.41. The number of hydrogen-bond donors (Lipinski definition) is 1. The Morgan fingerprint density at radius 3 is 2.82 bits per heavy atom. The van der Waals surface area contributed by atoms with E-state index in [2.05, 4.69) is 31.4 Å². The quantitative estimate of drug-likeness (QED) is 0.516. The highest BCUT2D eigenvalue weighted by Crippen LogP contribution is 2.27. The molecule has 4 aromatic rings. The predicted molar refractivity (Wildman–Crippen MR) is 105 cm³/mol. The number of nitriles is 1. The maximum Gasteiger partial charge on any atom is 0.227 e. The number of benzene rings is 1. The van der Waals surface area contributed by atoms with E-state index in [4.69, 9.17) is 4.74 Å². The largest absolute Gasteiger partial charge is 0.492 e. The van der Waals surface area contributed by atoms with E-state index in [-0.39, 0.29) is 0 Å². The van der Waals surface area contributed by atoms with Crippen LogP contribution < -0.4 is 10.1 Å². The second-order valence-electron chi connectivity index (χ2n) is 5.70. The van der Waals surface area contributed by atoms with Gasteiger partial charge < -0.3 is 10.1 Å². The van der Waals surface area contributed by atoms with Gasteiger partial charge in [0, 0.05) is 5.69 Å². The Bertz CT molecular complexity index is 1070. The third-order valence-electron chi connectivity index (χ3n) is 3.83. The van der Waals surface area contributed by atoms with Gasteiger partial charge in [0.1, 0.15) is 36.8 Å². The van der Waals surface area contributed by atoms with Crippen molar-refractivity contribution in [1.29, 1.82) is 5.26 Å². The summed E-state index contributed by atoms with van der Waals surface area (Å²) < 4.78 is 7.41. The SMILES string of the molecule is N#Cc1cnc(Nc2ccc(OCCn3cncn3)cc2)nc1-c1cccs1. The zero-order valence-electron chi connectivity index (χ0n) is 14.7.